The lowest BCUT2D eigenvalue weighted by Crippen LogP contribution is -2.34. The van der Waals surface area contributed by atoms with Crippen LogP contribution in [0.4, 0.5) is 4.39 Å². The molecule has 0 aliphatic rings. The Labute approximate surface area is 112 Å². The summed E-state index contributed by atoms with van der Waals surface area (Å²) in [5.74, 6) is -0.546. The number of nitrogens with one attached hydrogen (secondary N) is 1. The van der Waals surface area contributed by atoms with E-state index in [1.54, 1.807) is 32.9 Å². The molecule has 18 heavy (non-hydrogen) atoms. The molecule has 98 valence electrons. The van der Waals surface area contributed by atoms with E-state index in [0.29, 0.717) is 11.1 Å². The van der Waals surface area contributed by atoms with E-state index in [-0.39, 0.29) is 17.4 Å². The molecule has 0 aromatic heterocycles. The molecular formula is C13H17FN2OS. The quantitative estimate of drug-likeness (QED) is 0.826. The first-order valence-electron chi connectivity index (χ1n) is 5.58. The minimum absolute atomic E-state index is 0.125. The van der Waals surface area contributed by atoms with Crippen LogP contribution in [0.3, 0.4) is 0 Å². The molecular weight excluding hydrogens is 251 g/mol. The summed E-state index contributed by atoms with van der Waals surface area (Å²) in [5.41, 5.74) is 5.81. The van der Waals surface area contributed by atoms with Crippen LogP contribution in [0.2, 0.25) is 0 Å². The first-order chi connectivity index (χ1) is 8.21. The Morgan fingerprint density at radius 2 is 2.06 bits per heavy atom. The highest BCUT2D eigenvalue weighted by Gasteiger charge is 2.20. The van der Waals surface area contributed by atoms with Crippen molar-refractivity contribution >= 4 is 23.1 Å². The minimum Gasteiger partial charge on any atom is -0.389 e. The van der Waals surface area contributed by atoms with E-state index in [0.717, 1.165) is 0 Å². The maximum atomic E-state index is 13.7. The molecule has 0 unspecified atom stereocenters. The predicted octanol–water partition coefficient (Wildman–Crippen LogP) is 2.12. The van der Waals surface area contributed by atoms with Crippen LogP contribution >= 0.6 is 12.2 Å². The summed E-state index contributed by atoms with van der Waals surface area (Å²) in [5, 5.41) is 2.69. The van der Waals surface area contributed by atoms with Crippen molar-refractivity contribution in [3.05, 3.63) is 35.1 Å². The number of rotatable bonds is 3. The summed E-state index contributed by atoms with van der Waals surface area (Å²) in [7, 11) is 0. The van der Waals surface area contributed by atoms with Crippen LogP contribution in [0.1, 0.15) is 31.9 Å². The van der Waals surface area contributed by atoms with Gasteiger partial charge in [-0.15, -0.1) is 0 Å². The number of thiocarbonyl (C=S) groups is 1. The lowest BCUT2D eigenvalue weighted by atomic mass is 9.95. The molecule has 0 atom stereocenters. The number of carbonyl (C=O) groups excluding carboxylic acids is 1. The van der Waals surface area contributed by atoms with E-state index in [4.69, 9.17) is 18.0 Å². The molecule has 1 aromatic carbocycles. The van der Waals surface area contributed by atoms with Gasteiger partial charge in [-0.2, -0.15) is 0 Å². The van der Waals surface area contributed by atoms with Gasteiger partial charge >= 0.3 is 0 Å². The molecule has 0 aliphatic carbocycles. The average molecular weight is 268 g/mol. The fourth-order valence-electron chi connectivity index (χ4n) is 1.28. The summed E-state index contributed by atoms with van der Waals surface area (Å²) in [6, 6.07) is 4.50. The van der Waals surface area contributed by atoms with E-state index in [1.165, 1.54) is 6.07 Å². The Bertz CT molecular complexity index is 480. The molecule has 1 aromatic rings. The zero-order valence-electron chi connectivity index (χ0n) is 10.7. The number of hydrogen-bond acceptors (Lipinski definition) is 2. The van der Waals surface area contributed by atoms with Gasteiger partial charge in [-0.3, -0.25) is 4.79 Å². The molecule has 0 saturated carbocycles. The van der Waals surface area contributed by atoms with Gasteiger partial charge in [-0.1, -0.05) is 45.1 Å². The van der Waals surface area contributed by atoms with Crippen molar-refractivity contribution in [1.82, 2.24) is 5.32 Å². The lowest BCUT2D eigenvalue weighted by molar-refractivity contribution is -0.128. The molecule has 0 spiro atoms. The second-order valence-electron chi connectivity index (χ2n) is 5.10. The maximum Gasteiger partial charge on any atom is 0.225 e. The first kappa shape index (κ1) is 14.6. The van der Waals surface area contributed by atoms with Crippen LogP contribution < -0.4 is 11.1 Å². The molecule has 1 amide bonds. The third-order valence-corrected chi connectivity index (χ3v) is 2.69. The van der Waals surface area contributed by atoms with Gasteiger partial charge in [0.2, 0.25) is 5.91 Å². The Hall–Kier alpha value is -1.49. The first-order valence-corrected chi connectivity index (χ1v) is 5.99. The summed E-state index contributed by atoms with van der Waals surface area (Å²) >= 11 is 4.76. The topological polar surface area (TPSA) is 55.1 Å². The van der Waals surface area contributed by atoms with Crippen LogP contribution in [-0.4, -0.2) is 10.9 Å². The van der Waals surface area contributed by atoms with Crippen molar-refractivity contribution in [3.8, 4) is 0 Å². The predicted molar refractivity (Wildman–Crippen MR) is 73.6 cm³/mol. The molecule has 0 radical (unpaired) electrons. The van der Waals surface area contributed by atoms with Gasteiger partial charge in [-0.05, 0) is 6.07 Å². The fraction of sp³-hybridized carbons (Fsp3) is 0.385. The molecule has 0 heterocycles. The number of nitrogens with two attached hydrogens (primary N) is 1. The molecule has 0 aliphatic heterocycles. The highest BCUT2D eigenvalue weighted by molar-refractivity contribution is 7.80. The summed E-state index contributed by atoms with van der Waals surface area (Å²) in [6.07, 6.45) is 0. The van der Waals surface area contributed by atoms with Crippen molar-refractivity contribution in [3.63, 3.8) is 0 Å². The van der Waals surface area contributed by atoms with E-state index in [2.05, 4.69) is 5.32 Å². The number of benzene rings is 1. The van der Waals surface area contributed by atoms with Crippen molar-refractivity contribution in [2.75, 3.05) is 0 Å². The molecule has 5 heteroatoms. The average Bonchev–Trinajstić information content (AvgIpc) is 2.25. The van der Waals surface area contributed by atoms with Crippen molar-refractivity contribution in [1.29, 1.82) is 0 Å². The molecule has 3 nitrogen and oxygen atoms in total. The second kappa shape index (κ2) is 5.44. The smallest absolute Gasteiger partial charge is 0.225 e. The largest absolute Gasteiger partial charge is 0.389 e. The Kier molecular flexibility index (Phi) is 4.40. The number of halogens is 1. The normalized spacial score (nSPS) is 11.1. The number of hydrogen-bond donors (Lipinski definition) is 2. The zero-order valence-corrected chi connectivity index (χ0v) is 11.5. The summed E-state index contributed by atoms with van der Waals surface area (Å²) in [4.78, 5) is 11.8. The lowest BCUT2D eigenvalue weighted by Gasteiger charge is -2.17. The minimum atomic E-state index is -0.491. The van der Waals surface area contributed by atoms with E-state index >= 15 is 0 Å². The van der Waals surface area contributed by atoms with Gasteiger partial charge in [0, 0.05) is 23.1 Å². The van der Waals surface area contributed by atoms with Crippen LogP contribution in [0.25, 0.3) is 0 Å². The van der Waals surface area contributed by atoms with Gasteiger partial charge in [0.1, 0.15) is 10.8 Å². The van der Waals surface area contributed by atoms with E-state index in [1.807, 2.05) is 0 Å². The van der Waals surface area contributed by atoms with E-state index < -0.39 is 11.2 Å². The highest BCUT2D eigenvalue weighted by Crippen LogP contribution is 2.14. The molecule has 1 rings (SSSR count). The standard InChI is InChI=1S/C13H17FN2OS/c1-13(2,3)12(17)16-7-9-5-4-8(11(15)18)6-10(9)14/h4-6H,7H2,1-3H3,(H2,15,18)(H,16,17). The van der Waals surface area contributed by atoms with Crippen molar-refractivity contribution < 1.29 is 9.18 Å². The molecule has 0 saturated heterocycles. The summed E-state index contributed by atoms with van der Waals surface area (Å²) in [6.45, 7) is 5.55. The van der Waals surface area contributed by atoms with Crippen molar-refractivity contribution in [2.45, 2.75) is 27.3 Å². The maximum absolute atomic E-state index is 13.7. The molecule has 3 N–H and O–H groups in total. The SMILES string of the molecule is CC(C)(C)C(=O)NCc1ccc(C(N)=S)cc1F. The zero-order chi connectivity index (χ0) is 13.9. The highest BCUT2D eigenvalue weighted by atomic mass is 32.1. The molecule has 0 bridgehead atoms. The Morgan fingerprint density at radius 3 is 2.50 bits per heavy atom. The van der Waals surface area contributed by atoms with Gasteiger partial charge in [0.05, 0.1) is 0 Å². The fourth-order valence-corrected chi connectivity index (χ4v) is 1.41. The van der Waals surface area contributed by atoms with Gasteiger partial charge in [0.15, 0.2) is 0 Å². The third kappa shape index (κ3) is 3.77. The number of amides is 1. The van der Waals surface area contributed by atoms with Crippen LogP contribution in [0, 0.1) is 11.2 Å². The van der Waals surface area contributed by atoms with Crippen LogP contribution in [0.5, 0.6) is 0 Å². The molecule has 0 fully saturated rings. The van der Waals surface area contributed by atoms with Gasteiger partial charge in [-0.25, -0.2) is 4.39 Å². The Morgan fingerprint density at radius 1 is 1.44 bits per heavy atom. The van der Waals surface area contributed by atoms with Gasteiger partial charge < -0.3 is 11.1 Å². The second-order valence-corrected chi connectivity index (χ2v) is 5.54. The third-order valence-electron chi connectivity index (χ3n) is 2.46. The van der Waals surface area contributed by atoms with Crippen LogP contribution in [-0.2, 0) is 11.3 Å². The Balaban J connectivity index is 2.75. The summed E-state index contributed by atoms with van der Waals surface area (Å²) < 4.78 is 13.7. The van der Waals surface area contributed by atoms with E-state index in [9.17, 15) is 9.18 Å². The van der Waals surface area contributed by atoms with Crippen molar-refractivity contribution in [2.24, 2.45) is 11.1 Å². The van der Waals surface area contributed by atoms with Gasteiger partial charge in [0.25, 0.3) is 0 Å². The van der Waals surface area contributed by atoms with Crippen LogP contribution in [0.15, 0.2) is 18.2 Å². The number of carbonyl (C=O) groups is 1. The monoisotopic (exact) mass is 268 g/mol.